The molecule has 184 valence electrons. The molecule has 0 aliphatic carbocycles. The molecule has 0 spiro atoms. The number of amides is 3. The first-order chi connectivity index (χ1) is 14.9. The van der Waals surface area contributed by atoms with E-state index < -0.39 is 66.4 Å². The second-order valence-electron chi connectivity index (χ2n) is 7.19. The van der Waals surface area contributed by atoms with Crippen LogP contribution in [0.15, 0.2) is 0 Å². The van der Waals surface area contributed by atoms with Crippen LogP contribution >= 0.6 is 12.6 Å². The number of aliphatic hydroxyl groups excluding tert-OH is 1. The third kappa shape index (κ3) is 11.3. The quantitative estimate of drug-likeness (QED) is 0.0812. The zero-order valence-corrected chi connectivity index (χ0v) is 18.7. The van der Waals surface area contributed by atoms with E-state index in [9.17, 15) is 29.1 Å². The van der Waals surface area contributed by atoms with Gasteiger partial charge < -0.3 is 42.7 Å². The van der Waals surface area contributed by atoms with Crippen molar-refractivity contribution in [3.63, 3.8) is 0 Å². The predicted octanol–water partition coefficient (Wildman–Crippen LogP) is -2.84. The van der Waals surface area contributed by atoms with Crippen molar-refractivity contribution in [3.05, 3.63) is 0 Å². The maximum Gasteiger partial charge on any atom is 0.328 e. The topological polar surface area (TPSA) is 234 Å². The summed E-state index contributed by atoms with van der Waals surface area (Å²) in [4.78, 5) is 59.3. The van der Waals surface area contributed by atoms with E-state index in [-0.39, 0.29) is 12.2 Å². The fraction of sp³-hybridized carbons (Fsp3) is 0.722. The number of hydrogen-bond acceptors (Lipinski definition) is 9. The predicted molar refractivity (Wildman–Crippen MR) is 117 cm³/mol. The van der Waals surface area contributed by atoms with Crippen LogP contribution in [0.5, 0.6) is 0 Å². The van der Waals surface area contributed by atoms with Crippen LogP contribution in [0.2, 0.25) is 0 Å². The highest BCUT2D eigenvalue weighted by Crippen LogP contribution is 2.04. The molecule has 0 aliphatic rings. The van der Waals surface area contributed by atoms with E-state index in [4.69, 9.17) is 21.7 Å². The summed E-state index contributed by atoms with van der Waals surface area (Å²) in [7, 11) is 0. The highest BCUT2D eigenvalue weighted by atomic mass is 32.1. The molecule has 32 heavy (non-hydrogen) atoms. The lowest BCUT2D eigenvalue weighted by Crippen LogP contribution is -2.58. The number of rotatable bonds is 16. The van der Waals surface area contributed by atoms with E-state index in [0.29, 0.717) is 25.8 Å². The van der Waals surface area contributed by atoms with Gasteiger partial charge in [0.25, 0.3) is 0 Å². The molecule has 14 heteroatoms. The van der Waals surface area contributed by atoms with Gasteiger partial charge in [-0.2, -0.15) is 12.6 Å². The molecule has 0 heterocycles. The number of carboxylic acid groups (broad SMARTS) is 2. The summed E-state index contributed by atoms with van der Waals surface area (Å²) in [6.07, 6.45) is -0.555. The lowest BCUT2D eigenvalue weighted by molar-refractivity contribution is -0.145. The van der Waals surface area contributed by atoms with Gasteiger partial charge >= 0.3 is 11.9 Å². The van der Waals surface area contributed by atoms with Crippen LogP contribution in [-0.4, -0.2) is 87.5 Å². The first kappa shape index (κ1) is 29.6. The number of carbonyl (C=O) groups is 5. The van der Waals surface area contributed by atoms with Crippen molar-refractivity contribution in [1.29, 1.82) is 0 Å². The Kier molecular flexibility index (Phi) is 14.2. The summed E-state index contributed by atoms with van der Waals surface area (Å²) in [6, 6.07) is -5.17. The van der Waals surface area contributed by atoms with Crippen molar-refractivity contribution < 1.29 is 39.3 Å². The summed E-state index contributed by atoms with van der Waals surface area (Å²) in [6.45, 7) is 1.60. The Hall–Kier alpha value is -2.42. The number of carbonyl (C=O) groups excluding carboxylic acids is 3. The third-order valence-electron chi connectivity index (χ3n) is 4.45. The van der Waals surface area contributed by atoms with Gasteiger partial charge in [0.15, 0.2) is 6.04 Å². The second kappa shape index (κ2) is 15.4. The Morgan fingerprint density at radius 2 is 1.47 bits per heavy atom. The van der Waals surface area contributed by atoms with Crippen molar-refractivity contribution >= 4 is 42.3 Å². The molecule has 0 saturated carbocycles. The summed E-state index contributed by atoms with van der Waals surface area (Å²) in [5.41, 5.74) is 11.2. The number of hydrogen-bond donors (Lipinski definition) is 9. The molecule has 0 saturated heterocycles. The van der Waals surface area contributed by atoms with E-state index in [1.54, 1.807) is 0 Å². The number of nitrogens with one attached hydrogen (secondary N) is 3. The van der Waals surface area contributed by atoms with Gasteiger partial charge in [-0.1, -0.05) is 6.42 Å². The molecule has 5 unspecified atom stereocenters. The molecule has 0 aromatic carbocycles. The van der Waals surface area contributed by atoms with Crippen LogP contribution < -0.4 is 27.4 Å². The van der Waals surface area contributed by atoms with Gasteiger partial charge in [-0.25, -0.2) is 4.79 Å². The zero-order valence-electron chi connectivity index (χ0n) is 17.8. The van der Waals surface area contributed by atoms with Crippen LogP contribution in [0.3, 0.4) is 0 Å². The van der Waals surface area contributed by atoms with E-state index in [2.05, 4.69) is 28.6 Å². The lowest BCUT2D eigenvalue weighted by Gasteiger charge is -2.25. The van der Waals surface area contributed by atoms with Crippen LogP contribution in [0, 0.1) is 0 Å². The maximum absolute atomic E-state index is 12.6. The minimum atomic E-state index is -1.61. The van der Waals surface area contributed by atoms with Crippen LogP contribution in [0.1, 0.15) is 39.0 Å². The van der Waals surface area contributed by atoms with Crippen molar-refractivity contribution in [2.24, 2.45) is 11.5 Å². The third-order valence-corrected chi connectivity index (χ3v) is 4.81. The normalized spacial score (nSPS) is 15.5. The van der Waals surface area contributed by atoms with E-state index in [1.165, 1.54) is 6.92 Å². The first-order valence-corrected chi connectivity index (χ1v) is 10.7. The molecule has 0 radical (unpaired) electrons. The molecule has 0 aromatic rings. The van der Waals surface area contributed by atoms with Crippen molar-refractivity contribution in [3.8, 4) is 0 Å². The van der Waals surface area contributed by atoms with Gasteiger partial charge in [0.05, 0.1) is 12.1 Å². The molecule has 0 bridgehead atoms. The van der Waals surface area contributed by atoms with Crippen molar-refractivity contribution in [2.45, 2.75) is 69.3 Å². The monoisotopic (exact) mass is 479 g/mol. The van der Waals surface area contributed by atoms with Crippen LogP contribution in [0.4, 0.5) is 0 Å². The Bertz CT molecular complexity index is 663. The van der Waals surface area contributed by atoms with Gasteiger partial charge in [0.1, 0.15) is 12.1 Å². The molecule has 13 nitrogen and oxygen atoms in total. The summed E-state index contributed by atoms with van der Waals surface area (Å²) < 4.78 is 0. The molecule has 10 N–H and O–H groups in total. The fourth-order valence-electron chi connectivity index (χ4n) is 2.56. The molecule has 0 aliphatic heterocycles. The SMILES string of the molecule is CC(O)C(NC(=O)C(CS)NC(=O)C(CCC(=O)O)NC(=O)C(N)CCCCN)C(=O)O. The molecule has 0 fully saturated rings. The van der Waals surface area contributed by atoms with E-state index >= 15 is 0 Å². The van der Waals surface area contributed by atoms with Gasteiger partial charge in [-0.3, -0.25) is 19.2 Å². The minimum Gasteiger partial charge on any atom is -0.481 e. The Morgan fingerprint density at radius 3 is 1.94 bits per heavy atom. The Balaban J connectivity index is 5.23. The van der Waals surface area contributed by atoms with Gasteiger partial charge in [0, 0.05) is 12.2 Å². The minimum absolute atomic E-state index is 0.234. The number of unbranched alkanes of at least 4 members (excludes halogenated alkanes) is 1. The summed E-state index contributed by atoms with van der Waals surface area (Å²) >= 11 is 3.96. The van der Waals surface area contributed by atoms with Crippen molar-refractivity contribution in [2.75, 3.05) is 12.3 Å². The summed E-state index contributed by atoms with van der Waals surface area (Å²) in [5, 5.41) is 34.2. The Morgan fingerprint density at radius 1 is 0.906 bits per heavy atom. The number of aliphatic carboxylic acids is 2. The number of carboxylic acids is 2. The smallest absolute Gasteiger partial charge is 0.328 e. The van der Waals surface area contributed by atoms with E-state index in [1.807, 2.05) is 0 Å². The van der Waals surface area contributed by atoms with Crippen LogP contribution in [-0.2, 0) is 24.0 Å². The Labute approximate surface area is 191 Å². The zero-order chi connectivity index (χ0) is 24.8. The number of nitrogens with two attached hydrogens (primary N) is 2. The molecule has 3 amide bonds. The summed E-state index contributed by atoms with van der Waals surface area (Å²) in [5.74, 6) is -5.38. The molecule has 5 atom stereocenters. The van der Waals surface area contributed by atoms with Crippen molar-refractivity contribution in [1.82, 2.24) is 16.0 Å². The van der Waals surface area contributed by atoms with Gasteiger partial charge in [-0.15, -0.1) is 0 Å². The first-order valence-electron chi connectivity index (χ1n) is 10.0. The highest BCUT2D eigenvalue weighted by Gasteiger charge is 2.31. The van der Waals surface area contributed by atoms with E-state index in [0.717, 1.165) is 0 Å². The second-order valence-corrected chi connectivity index (χ2v) is 7.56. The number of aliphatic hydroxyl groups is 1. The average Bonchev–Trinajstić information content (AvgIpc) is 2.71. The molecule has 0 rings (SSSR count). The molecular formula is C18H33N5O8S. The highest BCUT2D eigenvalue weighted by molar-refractivity contribution is 7.80. The van der Waals surface area contributed by atoms with Gasteiger partial charge in [-0.05, 0) is 32.7 Å². The lowest BCUT2D eigenvalue weighted by atomic mass is 10.1. The number of thiol groups is 1. The standard InChI is InChI=1S/C18H33N5O8S/c1-9(24)14(18(30)31)23-17(29)12(8-32)22-16(28)11(5-6-13(25)26)21-15(27)10(20)4-2-3-7-19/h9-12,14,24,32H,2-8,19-20H2,1H3,(H,21,27)(H,22,28)(H,23,29)(H,25,26)(H,30,31). The molecule has 0 aromatic heterocycles. The average molecular weight is 480 g/mol. The maximum atomic E-state index is 12.6. The van der Waals surface area contributed by atoms with Crippen LogP contribution in [0.25, 0.3) is 0 Å². The molecular weight excluding hydrogens is 446 g/mol. The van der Waals surface area contributed by atoms with Gasteiger partial charge in [0.2, 0.25) is 17.7 Å². The fourth-order valence-corrected chi connectivity index (χ4v) is 2.82. The largest absolute Gasteiger partial charge is 0.481 e.